The van der Waals surface area contributed by atoms with Gasteiger partial charge in [-0.2, -0.15) is 5.26 Å². The zero-order valence-corrected chi connectivity index (χ0v) is 17.6. The summed E-state index contributed by atoms with van der Waals surface area (Å²) in [6.45, 7) is 11.0. The summed E-state index contributed by atoms with van der Waals surface area (Å²) in [5, 5.41) is 10.8. The maximum absolute atomic E-state index is 12.5. The Bertz CT molecular complexity index is 949. The molecule has 4 bridgehead atoms. The van der Waals surface area contributed by atoms with Gasteiger partial charge in [-0.3, -0.25) is 9.69 Å². The van der Waals surface area contributed by atoms with Crippen molar-refractivity contribution in [3.8, 4) is 11.8 Å². The van der Waals surface area contributed by atoms with Gasteiger partial charge in [0.25, 0.3) is 5.56 Å². The van der Waals surface area contributed by atoms with E-state index in [1.54, 1.807) is 6.07 Å². The van der Waals surface area contributed by atoms with Crippen molar-refractivity contribution >= 4 is 10.9 Å². The monoisotopic (exact) mass is 409 g/mol. The highest BCUT2D eigenvalue weighted by Crippen LogP contribution is 2.33. The molecule has 0 saturated carbocycles. The maximum Gasteiger partial charge on any atom is 0.251 e. The SMILES string of the molecule is C=C.N#CC12CCOCCCCOc3ccc4ccc(=O)n(c4c3)CCN(CC1)C2. The minimum Gasteiger partial charge on any atom is -0.494 e. The van der Waals surface area contributed by atoms with E-state index < -0.39 is 0 Å². The van der Waals surface area contributed by atoms with Gasteiger partial charge in [0.05, 0.1) is 23.6 Å². The first kappa shape index (κ1) is 22.1. The molecule has 30 heavy (non-hydrogen) atoms. The third-order valence-electron chi connectivity index (χ3n) is 5.95. The standard InChI is InChI=1S/C22H27N3O3.C2H4/c23-16-22-7-9-24(17-22)10-11-25-20-15-19(5-3-18(20)4-6-21(25)26)28-13-2-1-12-27-14-8-22;1-2/h3-6,15H,1-2,7-14,17H2;1-2H2. The van der Waals surface area contributed by atoms with E-state index in [0.29, 0.717) is 26.4 Å². The number of nitrogens with zero attached hydrogens (tertiary/aromatic N) is 3. The van der Waals surface area contributed by atoms with E-state index >= 15 is 0 Å². The van der Waals surface area contributed by atoms with Crippen LogP contribution in [0.4, 0.5) is 0 Å². The van der Waals surface area contributed by atoms with Gasteiger partial charge in [0, 0.05) is 45.0 Å². The van der Waals surface area contributed by atoms with Crippen LogP contribution in [-0.4, -0.2) is 48.9 Å². The lowest BCUT2D eigenvalue weighted by molar-refractivity contribution is 0.103. The van der Waals surface area contributed by atoms with E-state index in [4.69, 9.17) is 9.47 Å². The van der Waals surface area contributed by atoms with Gasteiger partial charge in [0.1, 0.15) is 5.75 Å². The molecule has 2 atom stereocenters. The van der Waals surface area contributed by atoms with Crippen LogP contribution in [-0.2, 0) is 11.3 Å². The molecule has 0 amide bonds. The molecule has 2 aliphatic rings. The first-order chi connectivity index (χ1) is 14.7. The summed E-state index contributed by atoms with van der Waals surface area (Å²) < 4.78 is 13.5. The molecule has 0 radical (unpaired) electrons. The van der Waals surface area contributed by atoms with Crippen LogP contribution in [0.3, 0.4) is 0 Å². The molecule has 1 aromatic heterocycles. The average molecular weight is 410 g/mol. The number of fused-ring (bicyclic) bond motifs is 3. The van der Waals surface area contributed by atoms with E-state index in [0.717, 1.165) is 62.0 Å². The molecule has 2 aliphatic heterocycles. The van der Waals surface area contributed by atoms with Crippen LogP contribution >= 0.6 is 0 Å². The van der Waals surface area contributed by atoms with E-state index in [1.807, 2.05) is 28.8 Å². The second-order valence-corrected chi connectivity index (χ2v) is 7.88. The number of nitriles is 1. The van der Waals surface area contributed by atoms with Crippen LogP contribution in [0.15, 0.2) is 48.3 Å². The summed E-state index contributed by atoms with van der Waals surface area (Å²) in [5.74, 6) is 0.793. The smallest absolute Gasteiger partial charge is 0.251 e. The number of hydrogen-bond acceptors (Lipinski definition) is 5. The summed E-state index contributed by atoms with van der Waals surface area (Å²) in [5.41, 5.74) is 0.582. The Balaban J connectivity index is 0.00000124. The van der Waals surface area contributed by atoms with Crippen molar-refractivity contribution in [3.63, 3.8) is 0 Å². The second kappa shape index (κ2) is 10.4. The quantitative estimate of drug-likeness (QED) is 0.622. The fourth-order valence-electron chi connectivity index (χ4n) is 4.20. The molecule has 4 rings (SSSR count). The third-order valence-corrected chi connectivity index (χ3v) is 5.95. The predicted octanol–water partition coefficient (Wildman–Crippen LogP) is 3.60. The van der Waals surface area contributed by atoms with Crippen molar-refractivity contribution < 1.29 is 9.47 Å². The number of aromatic nitrogens is 1. The lowest BCUT2D eigenvalue weighted by Crippen LogP contribution is -2.32. The van der Waals surface area contributed by atoms with Crippen molar-refractivity contribution in [2.75, 3.05) is 39.5 Å². The molecule has 1 aromatic carbocycles. The highest BCUT2D eigenvalue weighted by Gasteiger charge is 2.37. The van der Waals surface area contributed by atoms with Gasteiger partial charge in [-0.25, -0.2) is 0 Å². The number of hydrogen-bond donors (Lipinski definition) is 0. The molecule has 2 unspecified atom stereocenters. The van der Waals surface area contributed by atoms with E-state index in [2.05, 4.69) is 24.1 Å². The van der Waals surface area contributed by atoms with Crippen LogP contribution in [0.25, 0.3) is 10.9 Å². The van der Waals surface area contributed by atoms with Crippen molar-refractivity contribution in [1.29, 1.82) is 5.26 Å². The van der Waals surface area contributed by atoms with E-state index in [1.165, 1.54) is 0 Å². The first-order valence-corrected chi connectivity index (χ1v) is 10.7. The molecule has 1 fully saturated rings. The number of pyridine rings is 1. The van der Waals surface area contributed by atoms with Crippen LogP contribution < -0.4 is 10.3 Å². The summed E-state index contributed by atoms with van der Waals surface area (Å²) in [6.07, 6.45) is 3.49. The molecular formula is C24H31N3O3. The lowest BCUT2D eigenvalue weighted by Gasteiger charge is -2.22. The Labute approximate surface area is 178 Å². The lowest BCUT2D eigenvalue weighted by atomic mass is 9.86. The molecule has 6 heteroatoms. The van der Waals surface area contributed by atoms with Crippen molar-refractivity contribution in [2.45, 2.75) is 32.2 Å². The van der Waals surface area contributed by atoms with Gasteiger partial charge in [0.2, 0.25) is 0 Å². The molecular weight excluding hydrogens is 378 g/mol. The average Bonchev–Trinajstić information content (AvgIpc) is 3.19. The zero-order valence-electron chi connectivity index (χ0n) is 17.6. The molecule has 2 aromatic rings. The van der Waals surface area contributed by atoms with Crippen LogP contribution in [0.1, 0.15) is 25.7 Å². The Kier molecular flexibility index (Phi) is 7.67. The summed E-state index contributed by atoms with van der Waals surface area (Å²) >= 11 is 0. The summed E-state index contributed by atoms with van der Waals surface area (Å²) in [7, 11) is 0. The van der Waals surface area contributed by atoms with Gasteiger partial charge in [0.15, 0.2) is 0 Å². The van der Waals surface area contributed by atoms with Crippen LogP contribution in [0.5, 0.6) is 5.75 Å². The van der Waals surface area contributed by atoms with Gasteiger partial charge >= 0.3 is 0 Å². The first-order valence-electron chi connectivity index (χ1n) is 10.7. The molecule has 0 aliphatic carbocycles. The minimum atomic E-state index is -0.325. The van der Waals surface area contributed by atoms with E-state index in [-0.39, 0.29) is 11.0 Å². The Morgan fingerprint density at radius 2 is 1.80 bits per heavy atom. The highest BCUT2D eigenvalue weighted by atomic mass is 16.5. The topological polar surface area (TPSA) is 67.5 Å². The molecule has 6 nitrogen and oxygen atoms in total. The number of rotatable bonds is 0. The van der Waals surface area contributed by atoms with Crippen LogP contribution in [0, 0.1) is 16.7 Å². The normalized spacial score (nSPS) is 24.8. The molecule has 0 N–H and O–H groups in total. The van der Waals surface area contributed by atoms with Crippen molar-refractivity contribution in [3.05, 3.63) is 53.8 Å². The van der Waals surface area contributed by atoms with Crippen LogP contribution in [0.2, 0.25) is 0 Å². The molecule has 1 saturated heterocycles. The molecule has 3 heterocycles. The maximum atomic E-state index is 12.5. The molecule has 160 valence electrons. The van der Waals surface area contributed by atoms with E-state index in [9.17, 15) is 10.1 Å². The second-order valence-electron chi connectivity index (χ2n) is 7.88. The fourth-order valence-corrected chi connectivity index (χ4v) is 4.20. The predicted molar refractivity (Wildman–Crippen MR) is 119 cm³/mol. The summed E-state index contributed by atoms with van der Waals surface area (Å²) in [6, 6.07) is 12.0. The van der Waals surface area contributed by atoms with Gasteiger partial charge in [-0.05, 0) is 55.8 Å². The Morgan fingerprint density at radius 3 is 2.63 bits per heavy atom. The van der Waals surface area contributed by atoms with Gasteiger partial charge in [-0.15, -0.1) is 13.2 Å². The number of benzene rings is 1. The van der Waals surface area contributed by atoms with Gasteiger partial charge in [-0.1, -0.05) is 0 Å². The largest absolute Gasteiger partial charge is 0.494 e. The van der Waals surface area contributed by atoms with Gasteiger partial charge < -0.3 is 14.0 Å². The summed E-state index contributed by atoms with van der Waals surface area (Å²) in [4.78, 5) is 14.8. The highest BCUT2D eigenvalue weighted by molar-refractivity contribution is 5.80. The fraction of sp³-hybridized carbons (Fsp3) is 0.500. The minimum absolute atomic E-state index is 0.00158. The Morgan fingerprint density at radius 1 is 1.00 bits per heavy atom. The Hall–Kier alpha value is -2.62. The van der Waals surface area contributed by atoms with Crippen molar-refractivity contribution in [2.24, 2.45) is 5.41 Å². The third kappa shape index (κ3) is 5.10. The van der Waals surface area contributed by atoms with Crippen molar-refractivity contribution in [1.82, 2.24) is 9.47 Å². The zero-order chi connectivity index (χ0) is 21.4. The molecule has 0 spiro atoms. The number of ether oxygens (including phenoxy) is 2.